The Morgan fingerprint density at radius 1 is 1.57 bits per heavy atom. The van der Waals surface area contributed by atoms with Crippen molar-refractivity contribution in [3.63, 3.8) is 0 Å². The molecule has 0 atom stereocenters. The molecule has 1 aromatic rings. The molecule has 1 aromatic heterocycles. The largest absolute Gasteiger partial charge is 0.466 e. The van der Waals surface area contributed by atoms with Crippen LogP contribution >= 0.6 is 0 Å². The van der Waals surface area contributed by atoms with Crippen LogP contribution in [0.15, 0.2) is 12.3 Å². The summed E-state index contributed by atoms with van der Waals surface area (Å²) in [5.41, 5.74) is 0.415. The van der Waals surface area contributed by atoms with Crippen molar-refractivity contribution in [3.8, 4) is 0 Å². The molecule has 5 heteroatoms. The van der Waals surface area contributed by atoms with Gasteiger partial charge in [-0.1, -0.05) is 0 Å². The van der Waals surface area contributed by atoms with Crippen LogP contribution in [-0.4, -0.2) is 28.1 Å². The summed E-state index contributed by atoms with van der Waals surface area (Å²) < 4.78 is 6.09. The second-order valence-corrected chi connectivity index (χ2v) is 2.75. The van der Waals surface area contributed by atoms with E-state index in [1.54, 1.807) is 20.0 Å². The zero-order chi connectivity index (χ0) is 10.6. The Bertz CT molecular complexity index is 344. The number of carbonyl (C=O) groups is 2. The normalized spacial score (nSPS) is 9.86. The van der Waals surface area contributed by atoms with Crippen LogP contribution in [0, 0.1) is 0 Å². The summed E-state index contributed by atoms with van der Waals surface area (Å²) in [6.07, 6.45) is 1.28. The molecule has 0 saturated carbocycles. The first-order chi connectivity index (χ1) is 6.65. The molecule has 0 aliphatic heterocycles. The molecule has 1 rings (SSSR count). The summed E-state index contributed by atoms with van der Waals surface area (Å²) in [4.78, 5) is 22.4. The Kier molecular flexibility index (Phi) is 3.39. The van der Waals surface area contributed by atoms with Crippen molar-refractivity contribution in [3.05, 3.63) is 18.0 Å². The highest BCUT2D eigenvalue weighted by atomic mass is 16.5. The zero-order valence-electron chi connectivity index (χ0n) is 8.19. The molecule has 0 bridgehead atoms. The first-order valence-corrected chi connectivity index (χ1v) is 4.32. The average molecular weight is 196 g/mol. The third-order valence-corrected chi connectivity index (χ3v) is 1.72. The Morgan fingerprint density at radius 3 is 2.79 bits per heavy atom. The van der Waals surface area contributed by atoms with E-state index in [9.17, 15) is 9.59 Å². The minimum atomic E-state index is -0.501. The monoisotopic (exact) mass is 196 g/mol. The lowest BCUT2D eigenvalue weighted by Gasteiger charge is -2.01. The van der Waals surface area contributed by atoms with Crippen molar-refractivity contribution >= 4 is 11.8 Å². The quantitative estimate of drug-likeness (QED) is 0.401. The number of Topliss-reactive ketones (excluding diaryl/α,β-unsaturated/α-hetero) is 1. The van der Waals surface area contributed by atoms with Crippen molar-refractivity contribution in [2.24, 2.45) is 7.05 Å². The maximum Gasteiger partial charge on any atom is 0.313 e. The standard InChI is InChI=1S/C9H12N2O3/c1-3-14-9(13)6-8(12)7-4-5-10-11(7)2/h4-5H,3,6H2,1-2H3. The van der Waals surface area contributed by atoms with Crippen molar-refractivity contribution in [1.82, 2.24) is 9.78 Å². The molecule has 0 spiro atoms. The molecule has 0 amide bonds. The molecule has 0 N–H and O–H groups in total. The fourth-order valence-electron chi connectivity index (χ4n) is 1.08. The number of hydrogen-bond donors (Lipinski definition) is 0. The van der Waals surface area contributed by atoms with E-state index in [0.717, 1.165) is 0 Å². The van der Waals surface area contributed by atoms with Gasteiger partial charge in [-0.2, -0.15) is 5.10 Å². The van der Waals surface area contributed by atoms with Gasteiger partial charge < -0.3 is 4.74 Å². The highest BCUT2D eigenvalue weighted by molar-refractivity contribution is 6.04. The molecule has 5 nitrogen and oxygen atoms in total. The summed E-state index contributed by atoms with van der Waals surface area (Å²) in [5.74, 6) is -0.776. The maximum atomic E-state index is 11.5. The second-order valence-electron chi connectivity index (χ2n) is 2.75. The van der Waals surface area contributed by atoms with E-state index in [1.165, 1.54) is 10.9 Å². The highest BCUT2D eigenvalue weighted by Crippen LogP contribution is 2.02. The number of hydrogen-bond acceptors (Lipinski definition) is 4. The summed E-state index contributed by atoms with van der Waals surface area (Å²) >= 11 is 0. The third kappa shape index (κ3) is 2.42. The molecule has 0 unspecified atom stereocenters. The molecule has 14 heavy (non-hydrogen) atoms. The van der Waals surface area contributed by atoms with Gasteiger partial charge in [0.05, 0.1) is 6.61 Å². The first kappa shape index (κ1) is 10.4. The van der Waals surface area contributed by atoms with Gasteiger partial charge in [0.2, 0.25) is 0 Å². The highest BCUT2D eigenvalue weighted by Gasteiger charge is 2.14. The first-order valence-electron chi connectivity index (χ1n) is 4.32. The lowest BCUT2D eigenvalue weighted by molar-refractivity contribution is -0.141. The lowest BCUT2D eigenvalue weighted by Crippen LogP contribution is -2.14. The minimum absolute atomic E-state index is 0.229. The van der Waals surface area contributed by atoms with Gasteiger partial charge in [0.25, 0.3) is 0 Å². The van der Waals surface area contributed by atoms with E-state index < -0.39 is 5.97 Å². The predicted molar refractivity (Wildman–Crippen MR) is 48.8 cm³/mol. The van der Waals surface area contributed by atoms with Gasteiger partial charge in [0, 0.05) is 13.2 Å². The minimum Gasteiger partial charge on any atom is -0.466 e. The molecular weight excluding hydrogens is 184 g/mol. The molecule has 1 heterocycles. The number of rotatable bonds is 4. The Balaban J connectivity index is 2.59. The van der Waals surface area contributed by atoms with Crippen LogP contribution in [0.3, 0.4) is 0 Å². The summed E-state index contributed by atoms with van der Waals surface area (Å²) in [6, 6.07) is 1.57. The summed E-state index contributed by atoms with van der Waals surface area (Å²) in [7, 11) is 1.65. The summed E-state index contributed by atoms with van der Waals surface area (Å²) in [6.45, 7) is 1.99. The van der Waals surface area contributed by atoms with Gasteiger partial charge in [-0.05, 0) is 13.0 Å². The van der Waals surface area contributed by atoms with Crippen LogP contribution in [0.1, 0.15) is 23.8 Å². The van der Waals surface area contributed by atoms with E-state index in [4.69, 9.17) is 0 Å². The molecule has 0 aliphatic carbocycles. The molecule has 0 radical (unpaired) electrons. The zero-order valence-corrected chi connectivity index (χ0v) is 8.19. The van der Waals surface area contributed by atoms with Crippen LogP contribution in [0.5, 0.6) is 0 Å². The van der Waals surface area contributed by atoms with Crippen molar-refractivity contribution in [2.45, 2.75) is 13.3 Å². The van der Waals surface area contributed by atoms with E-state index >= 15 is 0 Å². The number of nitrogens with zero attached hydrogens (tertiary/aromatic N) is 2. The molecule has 0 saturated heterocycles. The van der Waals surface area contributed by atoms with Crippen molar-refractivity contribution in [2.75, 3.05) is 6.61 Å². The number of aryl methyl sites for hydroxylation is 1. The number of esters is 1. The smallest absolute Gasteiger partial charge is 0.313 e. The number of ether oxygens (including phenoxy) is 1. The molecular formula is C9H12N2O3. The lowest BCUT2D eigenvalue weighted by atomic mass is 10.2. The van der Waals surface area contributed by atoms with E-state index in [-0.39, 0.29) is 18.8 Å². The number of ketones is 1. The van der Waals surface area contributed by atoms with Crippen LogP contribution in [0.4, 0.5) is 0 Å². The maximum absolute atomic E-state index is 11.5. The van der Waals surface area contributed by atoms with Gasteiger partial charge >= 0.3 is 5.97 Å². The topological polar surface area (TPSA) is 61.2 Å². The van der Waals surface area contributed by atoms with Gasteiger partial charge in [-0.25, -0.2) is 0 Å². The van der Waals surface area contributed by atoms with Gasteiger partial charge in [0.15, 0.2) is 5.78 Å². The van der Waals surface area contributed by atoms with Crippen LogP contribution in [0.2, 0.25) is 0 Å². The van der Waals surface area contributed by atoms with Crippen molar-refractivity contribution < 1.29 is 14.3 Å². The van der Waals surface area contributed by atoms with Gasteiger partial charge in [-0.15, -0.1) is 0 Å². The molecule has 0 aliphatic rings. The fraction of sp³-hybridized carbons (Fsp3) is 0.444. The van der Waals surface area contributed by atoms with E-state index in [0.29, 0.717) is 5.69 Å². The molecule has 0 fully saturated rings. The summed E-state index contributed by atoms with van der Waals surface area (Å²) in [5, 5.41) is 3.83. The van der Waals surface area contributed by atoms with E-state index in [1.807, 2.05) is 0 Å². The third-order valence-electron chi connectivity index (χ3n) is 1.72. The average Bonchev–Trinajstić information content (AvgIpc) is 2.51. The number of aromatic nitrogens is 2. The number of carbonyl (C=O) groups excluding carboxylic acids is 2. The Hall–Kier alpha value is -1.65. The predicted octanol–water partition coefficient (Wildman–Crippen LogP) is 0.556. The SMILES string of the molecule is CCOC(=O)CC(=O)c1ccnn1C. The van der Waals surface area contributed by atoms with E-state index in [2.05, 4.69) is 9.84 Å². The molecule has 0 aromatic carbocycles. The van der Waals surface area contributed by atoms with Gasteiger partial charge in [-0.3, -0.25) is 14.3 Å². The van der Waals surface area contributed by atoms with Crippen LogP contribution < -0.4 is 0 Å². The van der Waals surface area contributed by atoms with Crippen LogP contribution in [0.25, 0.3) is 0 Å². The Morgan fingerprint density at radius 2 is 2.29 bits per heavy atom. The Labute approximate surface area is 81.7 Å². The fourth-order valence-corrected chi connectivity index (χ4v) is 1.08. The van der Waals surface area contributed by atoms with Crippen LogP contribution in [-0.2, 0) is 16.6 Å². The van der Waals surface area contributed by atoms with Crippen molar-refractivity contribution in [1.29, 1.82) is 0 Å². The molecule has 76 valence electrons. The van der Waals surface area contributed by atoms with Gasteiger partial charge in [0.1, 0.15) is 12.1 Å². The second kappa shape index (κ2) is 4.55.